The molecule has 0 saturated heterocycles. The third-order valence-electron chi connectivity index (χ3n) is 3.28. The van der Waals surface area contributed by atoms with E-state index in [4.69, 9.17) is 21.1 Å². The summed E-state index contributed by atoms with van der Waals surface area (Å²) in [4.78, 5) is 4.66. The molecule has 18 heavy (non-hydrogen) atoms. The van der Waals surface area contributed by atoms with Gasteiger partial charge >= 0.3 is 0 Å². The van der Waals surface area contributed by atoms with Crippen molar-refractivity contribution in [2.24, 2.45) is 0 Å². The molecule has 0 N–H and O–H groups in total. The normalized spacial score (nSPS) is 14.8. The summed E-state index contributed by atoms with van der Waals surface area (Å²) in [6.45, 7) is 0. The van der Waals surface area contributed by atoms with Gasteiger partial charge in [0, 0.05) is 23.1 Å². The number of hydrogen-bond acceptors (Lipinski definition) is 3. The monoisotopic (exact) mass is 263 g/mol. The van der Waals surface area contributed by atoms with Crippen LogP contribution in [0.4, 0.5) is 0 Å². The number of pyridine rings is 1. The van der Waals surface area contributed by atoms with Crippen molar-refractivity contribution in [3.8, 4) is 11.5 Å². The summed E-state index contributed by atoms with van der Waals surface area (Å²) < 4.78 is 10.6. The standard InChI is InChI=1S/C14H14ClNO2/c1-17-13-5-9-10(15)6-11(8-3-4-8)16-12(9)7-14(13)18-2/h5-8H,3-4H2,1-2H3. The lowest BCUT2D eigenvalue weighted by molar-refractivity contribution is 0.356. The predicted octanol–water partition coefficient (Wildman–Crippen LogP) is 3.78. The van der Waals surface area contributed by atoms with Crippen molar-refractivity contribution >= 4 is 22.5 Å². The Labute approximate surface area is 111 Å². The summed E-state index contributed by atoms with van der Waals surface area (Å²) in [6.07, 6.45) is 2.42. The fourth-order valence-electron chi connectivity index (χ4n) is 2.12. The SMILES string of the molecule is COc1cc2nc(C3CC3)cc(Cl)c2cc1OC. The Balaban J connectivity index is 2.22. The Bertz CT molecular complexity index is 608. The number of hydrogen-bond donors (Lipinski definition) is 0. The van der Waals surface area contributed by atoms with Crippen LogP contribution < -0.4 is 9.47 Å². The average molecular weight is 264 g/mol. The first-order valence-electron chi connectivity index (χ1n) is 5.95. The van der Waals surface area contributed by atoms with Gasteiger partial charge in [-0.1, -0.05) is 11.6 Å². The molecule has 1 heterocycles. The number of methoxy groups -OCH3 is 2. The summed E-state index contributed by atoms with van der Waals surface area (Å²) >= 11 is 6.32. The van der Waals surface area contributed by atoms with Crippen LogP contribution in [0.1, 0.15) is 24.5 Å². The molecule has 1 aliphatic rings. The highest BCUT2D eigenvalue weighted by Gasteiger charge is 2.26. The molecule has 4 heteroatoms. The molecule has 1 aliphatic carbocycles. The minimum atomic E-state index is 0.583. The van der Waals surface area contributed by atoms with Gasteiger partial charge in [-0.25, -0.2) is 0 Å². The number of rotatable bonds is 3. The fraction of sp³-hybridized carbons (Fsp3) is 0.357. The molecule has 94 valence electrons. The molecular formula is C14H14ClNO2. The number of fused-ring (bicyclic) bond motifs is 1. The van der Waals surface area contributed by atoms with Crippen LogP contribution in [0.5, 0.6) is 11.5 Å². The second kappa shape index (κ2) is 4.32. The highest BCUT2D eigenvalue weighted by molar-refractivity contribution is 6.35. The molecule has 0 amide bonds. The van der Waals surface area contributed by atoms with Crippen molar-refractivity contribution < 1.29 is 9.47 Å². The molecule has 2 aromatic rings. The first kappa shape index (κ1) is 11.6. The third-order valence-corrected chi connectivity index (χ3v) is 3.59. The van der Waals surface area contributed by atoms with Crippen LogP contribution in [0.2, 0.25) is 5.02 Å². The van der Waals surface area contributed by atoms with Crippen LogP contribution in [0, 0.1) is 0 Å². The van der Waals surface area contributed by atoms with Crippen molar-refractivity contribution in [3.05, 3.63) is 28.9 Å². The second-order valence-electron chi connectivity index (χ2n) is 4.53. The Morgan fingerprint density at radius 1 is 1.11 bits per heavy atom. The van der Waals surface area contributed by atoms with Crippen LogP contribution in [0.25, 0.3) is 10.9 Å². The lowest BCUT2D eigenvalue weighted by atomic mass is 10.1. The van der Waals surface area contributed by atoms with Gasteiger partial charge < -0.3 is 9.47 Å². The van der Waals surface area contributed by atoms with Gasteiger partial charge in [0.05, 0.1) is 24.8 Å². The van der Waals surface area contributed by atoms with Gasteiger partial charge in [-0.2, -0.15) is 0 Å². The predicted molar refractivity (Wildman–Crippen MR) is 71.8 cm³/mol. The van der Waals surface area contributed by atoms with Crippen LogP contribution in [0.15, 0.2) is 18.2 Å². The molecule has 0 aliphatic heterocycles. The van der Waals surface area contributed by atoms with Gasteiger partial charge in [0.1, 0.15) is 0 Å². The van der Waals surface area contributed by atoms with E-state index in [-0.39, 0.29) is 0 Å². The van der Waals surface area contributed by atoms with Gasteiger partial charge in [-0.15, -0.1) is 0 Å². The average Bonchev–Trinajstić information content (AvgIpc) is 3.21. The number of halogens is 1. The van der Waals surface area contributed by atoms with E-state index in [0.717, 1.165) is 21.6 Å². The molecule has 0 atom stereocenters. The molecule has 1 saturated carbocycles. The number of benzene rings is 1. The minimum absolute atomic E-state index is 0.583. The van der Waals surface area contributed by atoms with E-state index in [1.807, 2.05) is 18.2 Å². The van der Waals surface area contributed by atoms with Gasteiger partial charge in [0.25, 0.3) is 0 Å². The van der Waals surface area contributed by atoms with Gasteiger partial charge in [0.2, 0.25) is 0 Å². The van der Waals surface area contributed by atoms with Crippen LogP contribution in [-0.4, -0.2) is 19.2 Å². The number of nitrogens with zero attached hydrogens (tertiary/aromatic N) is 1. The van der Waals surface area contributed by atoms with Crippen molar-refractivity contribution in [3.63, 3.8) is 0 Å². The Morgan fingerprint density at radius 2 is 1.78 bits per heavy atom. The molecule has 1 fully saturated rings. The van der Waals surface area contributed by atoms with E-state index < -0.39 is 0 Å². The van der Waals surface area contributed by atoms with E-state index in [1.165, 1.54) is 12.8 Å². The molecule has 1 aromatic carbocycles. The minimum Gasteiger partial charge on any atom is -0.493 e. The zero-order chi connectivity index (χ0) is 12.7. The highest BCUT2D eigenvalue weighted by atomic mass is 35.5. The van der Waals surface area contributed by atoms with Crippen LogP contribution >= 0.6 is 11.6 Å². The summed E-state index contributed by atoms with van der Waals surface area (Å²) in [6, 6.07) is 5.72. The van der Waals surface area contributed by atoms with Gasteiger partial charge in [-0.05, 0) is 25.0 Å². The van der Waals surface area contributed by atoms with Crippen molar-refractivity contribution in [1.29, 1.82) is 0 Å². The van der Waals surface area contributed by atoms with E-state index in [1.54, 1.807) is 14.2 Å². The summed E-state index contributed by atoms with van der Waals surface area (Å²) in [7, 11) is 3.24. The second-order valence-corrected chi connectivity index (χ2v) is 4.93. The summed E-state index contributed by atoms with van der Waals surface area (Å²) in [5.41, 5.74) is 1.95. The van der Waals surface area contributed by atoms with Crippen LogP contribution in [-0.2, 0) is 0 Å². The lowest BCUT2D eigenvalue weighted by Gasteiger charge is -2.10. The maximum absolute atomic E-state index is 6.32. The van der Waals surface area contributed by atoms with E-state index >= 15 is 0 Å². The molecule has 0 unspecified atom stereocenters. The third kappa shape index (κ3) is 1.89. The number of aromatic nitrogens is 1. The maximum atomic E-state index is 6.32. The molecule has 0 bridgehead atoms. The van der Waals surface area contributed by atoms with Crippen molar-refractivity contribution in [2.45, 2.75) is 18.8 Å². The first-order chi connectivity index (χ1) is 8.72. The van der Waals surface area contributed by atoms with E-state index in [9.17, 15) is 0 Å². The van der Waals surface area contributed by atoms with E-state index in [0.29, 0.717) is 17.4 Å². The topological polar surface area (TPSA) is 31.4 Å². The fourth-order valence-corrected chi connectivity index (χ4v) is 2.38. The molecule has 0 radical (unpaired) electrons. The smallest absolute Gasteiger partial charge is 0.162 e. The number of ether oxygens (including phenoxy) is 2. The largest absolute Gasteiger partial charge is 0.493 e. The van der Waals surface area contributed by atoms with E-state index in [2.05, 4.69) is 4.98 Å². The van der Waals surface area contributed by atoms with Crippen molar-refractivity contribution in [1.82, 2.24) is 4.98 Å². The zero-order valence-electron chi connectivity index (χ0n) is 10.4. The van der Waals surface area contributed by atoms with Crippen molar-refractivity contribution in [2.75, 3.05) is 14.2 Å². The molecule has 1 aromatic heterocycles. The molecule has 0 spiro atoms. The Morgan fingerprint density at radius 3 is 2.39 bits per heavy atom. The molecule has 3 rings (SSSR count). The highest BCUT2D eigenvalue weighted by Crippen LogP contribution is 2.42. The Kier molecular flexibility index (Phi) is 2.78. The molecule has 3 nitrogen and oxygen atoms in total. The zero-order valence-corrected chi connectivity index (χ0v) is 11.1. The summed E-state index contributed by atoms with van der Waals surface area (Å²) in [5, 5.41) is 1.63. The summed E-state index contributed by atoms with van der Waals surface area (Å²) in [5.74, 6) is 1.94. The first-order valence-corrected chi connectivity index (χ1v) is 6.33. The maximum Gasteiger partial charge on any atom is 0.162 e. The Hall–Kier alpha value is -1.48. The molecular weight excluding hydrogens is 250 g/mol. The quantitative estimate of drug-likeness (QED) is 0.844. The van der Waals surface area contributed by atoms with Gasteiger partial charge in [0.15, 0.2) is 11.5 Å². The lowest BCUT2D eigenvalue weighted by Crippen LogP contribution is -1.94. The van der Waals surface area contributed by atoms with Gasteiger partial charge in [-0.3, -0.25) is 4.98 Å². The van der Waals surface area contributed by atoms with Crippen LogP contribution in [0.3, 0.4) is 0 Å².